The maximum atomic E-state index is 9.09. The standard InChI is InChI=1S/2C13H15NO.2C12H13N.C11H12N2.5C2H6/c1-9(2)11-5-4-6-13-12(11)7-10(15-3)8-14-13;1-9(2)11-4-3-5-13-12(11)6-10(8-15)7-14-13;1-9(2)10-5-3-7-12-11(10)6-4-8-13-12;1-9(2)11-5-3-4-10-8-13-7-6-12(10)11;1-8(2)9-4-3-5-11-10(9)6-12-7-13-11;5*1-2/h4-9H,1-3H3;3-7,9,15H,8H2,1-2H3;2*3-9H,1-2H3;3-8H,1-2H3;5*1-2H3. The van der Waals surface area contributed by atoms with Crippen LogP contribution in [0.3, 0.4) is 0 Å². The van der Waals surface area contributed by atoms with E-state index in [0.29, 0.717) is 29.6 Å². The van der Waals surface area contributed by atoms with Crippen LogP contribution in [0.4, 0.5) is 0 Å². The molecule has 0 spiro atoms. The van der Waals surface area contributed by atoms with Gasteiger partial charge in [-0.2, -0.15) is 0 Å². The van der Waals surface area contributed by atoms with Crippen molar-refractivity contribution in [2.24, 2.45) is 0 Å². The fraction of sp³-hybridized carbons (Fsp3) is 0.380. The van der Waals surface area contributed by atoms with E-state index in [4.69, 9.17) is 9.84 Å². The Labute approximate surface area is 477 Å². The van der Waals surface area contributed by atoms with E-state index in [1.54, 1.807) is 25.8 Å². The van der Waals surface area contributed by atoms with Crippen LogP contribution in [0.5, 0.6) is 5.75 Å². The molecule has 5 aromatic heterocycles. The van der Waals surface area contributed by atoms with Crippen molar-refractivity contribution in [2.45, 2.75) is 175 Å². The van der Waals surface area contributed by atoms with Crippen LogP contribution in [0.25, 0.3) is 54.4 Å². The zero-order chi connectivity index (χ0) is 59.5. The van der Waals surface area contributed by atoms with Gasteiger partial charge in [0.1, 0.15) is 12.1 Å². The lowest BCUT2D eigenvalue weighted by Gasteiger charge is -2.10. The van der Waals surface area contributed by atoms with Gasteiger partial charge >= 0.3 is 0 Å². The van der Waals surface area contributed by atoms with Gasteiger partial charge in [-0.3, -0.25) is 19.9 Å². The summed E-state index contributed by atoms with van der Waals surface area (Å²) in [7, 11) is 1.67. The van der Waals surface area contributed by atoms with E-state index in [0.717, 1.165) is 38.8 Å². The number of hydrogen-bond donors (Lipinski definition) is 1. The molecule has 0 aliphatic rings. The maximum Gasteiger partial charge on any atom is 0.137 e. The SMILES string of the molecule is CC.CC.CC.CC.CC.CC(C)c1cccc2cnccc12.CC(C)c1cccc2ncc(CO)cc12.CC(C)c1cccc2ncccc12.CC(C)c1cccc2ncncc12.COc1cnc2cccc(C(C)C)c2c1. The van der Waals surface area contributed by atoms with Crippen molar-refractivity contribution in [3.8, 4) is 5.75 Å². The Morgan fingerprint density at radius 3 is 1.27 bits per heavy atom. The Bertz CT molecular complexity index is 2910. The van der Waals surface area contributed by atoms with Crippen LogP contribution in [0.15, 0.2) is 165 Å². The molecule has 8 heteroatoms. The number of nitrogens with zero attached hydrogens (tertiary/aromatic N) is 6. The Balaban J connectivity index is 0.000000475. The van der Waals surface area contributed by atoms with Gasteiger partial charge in [0.05, 0.1) is 42.0 Å². The minimum absolute atomic E-state index is 0.0510. The molecule has 0 radical (unpaired) electrons. The van der Waals surface area contributed by atoms with Crippen molar-refractivity contribution in [1.29, 1.82) is 0 Å². The Hall–Kier alpha value is -7.16. The molecule has 10 rings (SSSR count). The number of aromatic nitrogens is 6. The monoisotopic (exact) mass is 1070 g/mol. The van der Waals surface area contributed by atoms with Crippen LogP contribution in [0.1, 0.15) is 201 Å². The minimum atomic E-state index is 0.0510. The van der Waals surface area contributed by atoms with Crippen molar-refractivity contribution in [3.63, 3.8) is 0 Å². The summed E-state index contributed by atoms with van der Waals surface area (Å²) in [6.07, 6.45) is 12.6. The van der Waals surface area contributed by atoms with Crippen LogP contribution >= 0.6 is 0 Å². The second kappa shape index (κ2) is 39.2. The highest BCUT2D eigenvalue weighted by molar-refractivity contribution is 5.86. The number of rotatable bonds is 7. The van der Waals surface area contributed by atoms with E-state index in [9.17, 15) is 0 Å². The number of ether oxygens (including phenoxy) is 1. The second-order valence-corrected chi connectivity index (χ2v) is 18.6. The molecule has 8 nitrogen and oxygen atoms in total. The highest BCUT2D eigenvalue weighted by Gasteiger charge is 2.09. The van der Waals surface area contributed by atoms with E-state index in [-0.39, 0.29) is 6.61 Å². The molecule has 1 N–H and O–H groups in total. The minimum Gasteiger partial charge on any atom is -0.495 e. The normalized spacial score (nSPS) is 10.0. The first-order valence-electron chi connectivity index (χ1n) is 29.1. The predicted octanol–water partition coefficient (Wildman–Crippen LogP) is 20.8. The molecular weight excluding hydrogens is 969 g/mol. The average molecular weight is 1070 g/mol. The van der Waals surface area contributed by atoms with Gasteiger partial charge in [0.2, 0.25) is 0 Å². The van der Waals surface area contributed by atoms with Gasteiger partial charge in [-0.15, -0.1) is 0 Å². The molecular formula is C71H98N6O2. The summed E-state index contributed by atoms with van der Waals surface area (Å²) in [4.78, 5) is 25.4. The van der Waals surface area contributed by atoms with Crippen molar-refractivity contribution in [1.82, 2.24) is 29.9 Å². The fourth-order valence-electron chi connectivity index (χ4n) is 8.39. The van der Waals surface area contributed by atoms with Gasteiger partial charge in [0.25, 0.3) is 0 Å². The van der Waals surface area contributed by atoms with Crippen LogP contribution in [-0.2, 0) is 6.61 Å². The molecule has 0 saturated heterocycles. The molecule has 0 unspecified atom stereocenters. The van der Waals surface area contributed by atoms with E-state index < -0.39 is 0 Å². The summed E-state index contributed by atoms with van der Waals surface area (Å²) < 4.78 is 5.19. The average Bonchev–Trinajstić information content (AvgIpc) is 3.51. The molecule has 0 bridgehead atoms. The molecule has 0 saturated carbocycles. The van der Waals surface area contributed by atoms with Gasteiger partial charge < -0.3 is 9.84 Å². The molecule has 0 amide bonds. The third-order valence-electron chi connectivity index (χ3n) is 12.1. The number of benzene rings is 5. The summed E-state index contributed by atoms with van der Waals surface area (Å²) in [5, 5.41) is 16.4. The summed E-state index contributed by atoms with van der Waals surface area (Å²) >= 11 is 0. The van der Waals surface area contributed by atoms with E-state index in [1.807, 2.05) is 136 Å². The molecule has 424 valence electrons. The fourth-order valence-corrected chi connectivity index (χ4v) is 8.39. The number of pyridine rings is 4. The molecule has 5 heterocycles. The quantitative estimate of drug-likeness (QED) is 0.168. The molecule has 0 fully saturated rings. The first-order chi connectivity index (χ1) is 38.3. The largest absolute Gasteiger partial charge is 0.495 e. The number of fused-ring (bicyclic) bond motifs is 5. The van der Waals surface area contributed by atoms with Crippen molar-refractivity contribution in [3.05, 3.63) is 198 Å². The lowest BCUT2D eigenvalue weighted by Crippen LogP contribution is -1.93. The zero-order valence-electron chi connectivity index (χ0n) is 52.2. The third-order valence-corrected chi connectivity index (χ3v) is 12.1. The second-order valence-electron chi connectivity index (χ2n) is 18.6. The summed E-state index contributed by atoms with van der Waals surface area (Å²) in [5.41, 5.74) is 11.7. The van der Waals surface area contributed by atoms with Gasteiger partial charge in [0.15, 0.2) is 0 Å². The summed E-state index contributed by atoms with van der Waals surface area (Å²) in [6, 6.07) is 41.6. The highest BCUT2D eigenvalue weighted by Crippen LogP contribution is 2.29. The molecule has 5 aromatic carbocycles. The van der Waals surface area contributed by atoms with Gasteiger partial charge in [-0.05, 0) is 117 Å². The summed E-state index contributed by atoms with van der Waals surface area (Å²) in [5.74, 6) is 3.45. The van der Waals surface area contributed by atoms with Crippen LogP contribution in [-0.4, -0.2) is 42.1 Å². The molecule has 0 atom stereocenters. The summed E-state index contributed by atoms with van der Waals surface area (Å²) in [6.45, 7) is 42.0. The Morgan fingerprint density at radius 1 is 0.367 bits per heavy atom. The van der Waals surface area contributed by atoms with Crippen molar-refractivity contribution >= 4 is 54.4 Å². The first-order valence-corrected chi connectivity index (χ1v) is 29.1. The predicted molar refractivity (Wildman–Crippen MR) is 346 cm³/mol. The van der Waals surface area contributed by atoms with E-state index in [2.05, 4.69) is 178 Å². The third kappa shape index (κ3) is 21.2. The molecule has 0 aliphatic heterocycles. The number of aliphatic hydroxyl groups is 1. The van der Waals surface area contributed by atoms with Crippen LogP contribution < -0.4 is 4.74 Å². The molecule has 10 aromatic rings. The number of methoxy groups -OCH3 is 1. The van der Waals surface area contributed by atoms with E-state index in [1.165, 1.54) is 54.7 Å². The number of hydrogen-bond acceptors (Lipinski definition) is 8. The number of aliphatic hydroxyl groups excluding tert-OH is 1. The highest BCUT2D eigenvalue weighted by atomic mass is 16.5. The smallest absolute Gasteiger partial charge is 0.137 e. The lowest BCUT2D eigenvalue weighted by molar-refractivity contribution is 0.281. The van der Waals surface area contributed by atoms with E-state index >= 15 is 0 Å². The lowest BCUT2D eigenvalue weighted by atomic mass is 9.97. The van der Waals surface area contributed by atoms with Gasteiger partial charge in [-0.1, -0.05) is 211 Å². The molecule has 79 heavy (non-hydrogen) atoms. The van der Waals surface area contributed by atoms with Crippen LogP contribution in [0, 0.1) is 0 Å². The van der Waals surface area contributed by atoms with Gasteiger partial charge in [0, 0.05) is 57.9 Å². The Morgan fingerprint density at radius 2 is 0.785 bits per heavy atom. The zero-order valence-corrected chi connectivity index (χ0v) is 52.2. The first kappa shape index (κ1) is 69.9. The van der Waals surface area contributed by atoms with Crippen molar-refractivity contribution < 1.29 is 9.84 Å². The topological polar surface area (TPSA) is 107 Å². The maximum absolute atomic E-state index is 9.09. The van der Waals surface area contributed by atoms with Crippen LogP contribution in [0.2, 0.25) is 0 Å². The van der Waals surface area contributed by atoms with Gasteiger partial charge in [-0.25, -0.2) is 9.97 Å². The van der Waals surface area contributed by atoms with Crippen molar-refractivity contribution in [2.75, 3.05) is 7.11 Å². The Kier molecular flexibility index (Phi) is 34.7. The molecule has 0 aliphatic carbocycles.